The van der Waals surface area contributed by atoms with Crippen molar-refractivity contribution in [3.63, 3.8) is 0 Å². The SMILES string of the molecule is Fc1ccc(Oc2cccc(Cl)c2CCl)cc1Cl. The lowest BCUT2D eigenvalue weighted by atomic mass is 10.2. The summed E-state index contributed by atoms with van der Waals surface area (Å²) in [6, 6.07) is 9.34. The van der Waals surface area contributed by atoms with Gasteiger partial charge in [-0.25, -0.2) is 4.39 Å². The van der Waals surface area contributed by atoms with Crippen molar-refractivity contribution < 1.29 is 9.13 Å². The predicted molar refractivity (Wildman–Crippen MR) is 72.5 cm³/mol. The summed E-state index contributed by atoms with van der Waals surface area (Å²) < 4.78 is 18.6. The molecule has 0 radical (unpaired) electrons. The maximum Gasteiger partial charge on any atom is 0.142 e. The molecule has 0 unspecified atom stereocenters. The minimum atomic E-state index is -0.493. The molecule has 0 saturated carbocycles. The Labute approximate surface area is 119 Å². The summed E-state index contributed by atoms with van der Waals surface area (Å²) in [5.74, 6) is 0.687. The summed E-state index contributed by atoms with van der Waals surface area (Å²) in [6.45, 7) is 0. The van der Waals surface area contributed by atoms with E-state index >= 15 is 0 Å². The molecule has 0 bridgehead atoms. The molecule has 0 amide bonds. The number of hydrogen-bond donors (Lipinski definition) is 0. The zero-order valence-corrected chi connectivity index (χ0v) is 11.4. The molecule has 0 aliphatic rings. The van der Waals surface area contributed by atoms with E-state index in [4.69, 9.17) is 39.5 Å². The first-order chi connectivity index (χ1) is 8.61. The average Bonchev–Trinajstić information content (AvgIpc) is 2.34. The number of rotatable bonds is 3. The molecule has 0 N–H and O–H groups in total. The Morgan fingerprint density at radius 2 is 1.83 bits per heavy atom. The highest BCUT2D eigenvalue weighted by Gasteiger charge is 2.09. The quantitative estimate of drug-likeness (QED) is 0.664. The Hall–Kier alpha value is -0.960. The van der Waals surface area contributed by atoms with Gasteiger partial charge in [0.1, 0.15) is 17.3 Å². The molecule has 0 aliphatic heterocycles. The van der Waals surface area contributed by atoms with Crippen molar-refractivity contribution in [2.24, 2.45) is 0 Å². The molecule has 0 heterocycles. The first-order valence-electron chi connectivity index (χ1n) is 5.08. The van der Waals surface area contributed by atoms with Gasteiger partial charge in [0.05, 0.1) is 10.9 Å². The molecule has 94 valence electrons. The summed E-state index contributed by atoms with van der Waals surface area (Å²) in [5, 5.41) is 0.526. The van der Waals surface area contributed by atoms with Gasteiger partial charge in [-0.3, -0.25) is 0 Å². The van der Waals surface area contributed by atoms with Gasteiger partial charge in [0.2, 0.25) is 0 Å². The Morgan fingerprint density at radius 1 is 1.06 bits per heavy atom. The number of alkyl halides is 1. The number of ether oxygens (including phenoxy) is 1. The van der Waals surface area contributed by atoms with Crippen LogP contribution >= 0.6 is 34.8 Å². The van der Waals surface area contributed by atoms with E-state index < -0.39 is 5.82 Å². The molecule has 0 atom stereocenters. The van der Waals surface area contributed by atoms with E-state index in [9.17, 15) is 4.39 Å². The van der Waals surface area contributed by atoms with Gasteiger partial charge in [0.25, 0.3) is 0 Å². The predicted octanol–water partition coefficient (Wildman–Crippen LogP) is 5.66. The van der Waals surface area contributed by atoms with E-state index in [0.717, 1.165) is 0 Å². The van der Waals surface area contributed by atoms with Crippen LogP contribution in [0, 0.1) is 5.82 Å². The van der Waals surface area contributed by atoms with Crippen LogP contribution in [0.25, 0.3) is 0 Å². The molecule has 1 nitrogen and oxygen atoms in total. The number of halogens is 4. The van der Waals surface area contributed by atoms with E-state index in [1.54, 1.807) is 18.2 Å². The minimum Gasteiger partial charge on any atom is -0.457 e. The molecule has 2 aromatic rings. The van der Waals surface area contributed by atoms with Gasteiger partial charge in [-0.15, -0.1) is 11.6 Å². The minimum absolute atomic E-state index is 0.00181. The standard InChI is InChI=1S/C13H8Cl3FO/c14-7-9-10(15)2-1-3-13(9)18-8-4-5-12(17)11(16)6-8/h1-6H,7H2. The summed E-state index contributed by atoms with van der Waals surface area (Å²) in [5.41, 5.74) is 0.682. The Morgan fingerprint density at radius 3 is 2.50 bits per heavy atom. The molecule has 0 aliphatic carbocycles. The van der Waals surface area contributed by atoms with Crippen LogP contribution in [-0.4, -0.2) is 0 Å². The fourth-order valence-electron chi connectivity index (χ4n) is 1.43. The fraction of sp³-hybridized carbons (Fsp3) is 0.0769. The van der Waals surface area contributed by atoms with Crippen molar-refractivity contribution >= 4 is 34.8 Å². The third-order valence-electron chi connectivity index (χ3n) is 2.33. The van der Waals surface area contributed by atoms with Crippen molar-refractivity contribution in [2.45, 2.75) is 5.88 Å². The molecular formula is C13H8Cl3FO. The zero-order chi connectivity index (χ0) is 13.1. The van der Waals surface area contributed by atoms with Crippen LogP contribution in [0.4, 0.5) is 4.39 Å². The fourth-order valence-corrected chi connectivity index (χ4v) is 2.18. The molecule has 18 heavy (non-hydrogen) atoms. The molecular weight excluding hydrogens is 297 g/mol. The molecule has 0 spiro atoms. The largest absolute Gasteiger partial charge is 0.457 e. The van der Waals surface area contributed by atoms with Crippen LogP contribution in [0.1, 0.15) is 5.56 Å². The van der Waals surface area contributed by atoms with Crippen LogP contribution in [0.2, 0.25) is 10.0 Å². The van der Waals surface area contributed by atoms with Gasteiger partial charge in [-0.05, 0) is 24.3 Å². The summed E-state index contributed by atoms with van der Waals surface area (Å²) in [4.78, 5) is 0. The zero-order valence-electron chi connectivity index (χ0n) is 9.09. The molecule has 0 fully saturated rings. The monoisotopic (exact) mass is 304 g/mol. The topological polar surface area (TPSA) is 9.23 Å². The Balaban J connectivity index is 2.34. The smallest absolute Gasteiger partial charge is 0.142 e. The molecule has 2 rings (SSSR count). The van der Waals surface area contributed by atoms with Crippen molar-refractivity contribution in [1.29, 1.82) is 0 Å². The van der Waals surface area contributed by atoms with E-state index in [1.807, 2.05) is 0 Å². The van der Waals surface area contributed by atoms with Crippen LogP contribution in [0.5, 0.6) is 11.5 Å². The lowest BCUT2D eigenvalue weighted by Gasteiger charge is -2.11. The van der Waals surface area contributed by atoms with Crippen molar-refractivity contribution in [2.75, 3.05) is 0 Å². The van der Waals surface area contributed by atoms with Crippen molar-refractivity contribution in [3.05, 3.63) is 57.8 Å². The third kappa shape index (κ3) is 2.89. The van der Waals surface area contributed by atoms with E-state index in [0.29, 0.717) is 22.1 Å². The van der Waals surface area contributed by atoms with E-state index in [2.05, 4.69) is 0 Å². The summed E-state index contributed by atoms with van der Waals surface area (Å²) >= 11 is 17.5. The van der Waals surface area contributed by atoms with Gasteiger partial charge in [-0.2, -0.15) is 0 Å². The lowest BCUT2D eigenvalue weighted by Crippen LogP contribution is -1.91. The van der Waals surface area contributed by atoms with Crippen molar-refractivity contribution in [3.8, 4) is 11.5 Å². The Bertz CT molecular complexity index is 572. The van der Waals surface area contributed by atoms with Crippen LogP contribution in [-0.2, 0) is 5.88 Å². The summed E-state index contributed by atoms with van der Waals surface area (Å²) in [7, 11) is 0. The Kier molecular flexibility index (Phi) is 4.33. The second-order valence-corrected chi connectivity index (χ2v) is 4.61. The molecule has 5 heteroatoms. The van der Waals surface area contributed by atoms with Gasteiger partial charge < -0.3 is 4.74 Å². The van der Waals surface area contributed by atoms with Crippen LogP contribution < -0.4 is 4.74 Å². The molecule has 0 aromatic heterocycles. The highest BCUT2D eigenvalue weighted by atomic mass is 35.5. The molecule has 2 aromatic carbocycles. The van der Waals surface area contributed by atoms with Gasteiger partial charge in [-0.1, -0.05) is 29.3 Å². The normalized spacial score (nSPS) is 10.4. The highest BCUT2D eigenvalue weighted by Crippen LogP contribution is 2.32. The highest BCUT2D eigenvalue weighted by molar-refractivity contribution is 6.32. The summed E-state index contributed by atoms with van der Waals surface area (Å²) in [6.07, 6.45) is 0. The second-order valence-electron chi connectivity index (χ2n) is 3.53. The van der Waals surface area contributed by atoms with Gasteiger partial charge in [0.15, 0.2) is 0 Å². The first kappa shape index (κ1) is 13.5. The number of hydrogen-bond acceptors (Lipinski definition) is 1. The van der Waals surface area contributed by atoms with Crippen LogP contribution in [0.15, 0.2) is 36.4 Å². The average molecular weight is 306 g/mol. The lowest BCUT2D eigenvalue weighted by molar-refractivity contribution is 0.476. The van der Waals surface area contributed by atoms with E-state index in [1.165, 1.54) is 18.2 Å². The maximum absolute atomic E-state index is 13.0. The third-order valence-corrected chi connectivity index (χ3v) is 3.24. The van der Waals surface area contributed by atoms with Crippen LogP contribution in [0.3, 0.4) is 0 Å². The first-order valence-corrected chi connectivity index (χ1v) is 6.37. The van der Waals surface area contributed by atoms with Gasteiger partial charge >= 0.3 is 0 Å². The number of benzene rings is 2. The maximum atomic E-state index is 13.0. The van der Waals surface area contributed by atoms with E-state index in [-0.39, 0.29) is 10.9 Å². The second kappa shape index (κ2) is 5.79. The van der Waals surface area contributed by atoms with Gasteiger partial charge in [0, 0.05) is 16.7 Å². The van der Waals surface area contributed by atoms with Crippen molar-refractivity contribution in [1.82, 2.24) is 0 Å². The molecule has 0 saturated heterocycles.